The summed E-state index contributed by atoms with van der Waals surface area (Å²) in [6.07, 6.45) is 45.7. The first kappa shape index (κ1) is 46.6. The first-order valence-electron chi connectivity index (χ1n) is 21.2. The van der Waals surface area contributed by atoms with Crippen LogP contribution in [-0.2, 0) is 19.1 Å². The van der Waals surface area contributed by atoms with Crippen molar-refractivity contribution in [2.45, 2.75) is 238 Å². The summed E-state index contributed by atoms with van der Waals surface area (Å²) in [5.74, 6) is -0.571. The predicted octanol–water partition coefficient (Wildman–Crippen LogP) is 13.3. The highest BCUT2D eigenvalue weighted by atomic mass is 16.6. The van der Waals surface area contributed by atoms with E-state index >= 15 is 0 Å². The summed E-state index contributed by atoms with van der Waals surface area (Å²) < 4.78 is 10.3. The van der Waals surface area contributed by atoms with Crippen LogP contribution in [0.15, 0.2) is 12.2 Å². The number of carbonyl (C=O) groups is 2. The number of unbranched alkanes of at least 4 members (excludes halogenated alkanes) is 29. The number of aliphatic hydroxyl groups is 1. The Bertz CT molecular complexity index is 691. The minimum Gasteiger partial charge on any atom is -0.463 e. The zero-order chi connectivity index (χ0) is 35.0. The average Bonchev–Trinajstić information content (AvgIpc) is 3.09. The van der Waals surface area contributed by atoms with E-state index < -0.39 is 6.10 Å². The molecule has 284 valence electrons. The standard InChI is InChI=1S/C43H82O5/c1-3-5-7-9-11-13-15-17-18-19-20-21-22-23-24-26-28-30-32-34-36-38-43(46)48-40-41(44)39-47-42(45)37-35-33-31-29-27-25-16-14-12-10-8-6-4-2/h25,27,41,44H,3-24,26,28-40H2,1-2H3/b27-25-/t41-/m0/s1. The number of hydrogen-bond donors (Lipinski definition) is 1. The molecule has 0 aliphatic heterocycles. The van der Waals surface area contributed by atoms with Crippen molar-refractivity contribution in [3.05, 3.63) is 12.2 Å². The predicted molar refractivity (Wildman–Crippen MR) is 205 cm³/mol. The SMILES string of the molecule is CCCCCCCC/C=C\CCCCCC(=O)OC[C@H](O)COC(=O)CCCCCCCCCCCCCCCCCCCCCCC. The molecule has 0 heterocycles. The Balaban J connectivity index is 3.37. The summed E-state index contributed by atoms with van der Waals surface area (Å²) in [7, 11) is 0. The van der Waals surface area contributed by atoms with E-state index in [0.29, 0.717) is 12.8 Å². The van der Waals surface area contributed by atoms with E-state index in [1.165, 1.54) is 167 Å². The van der Waals surface area contributed by atoms with E-state index in [4.69, 9.17) is 9.47 Å². The largest absolute Gasteiger partial charge is 0.463 e. The van der Waals surface area contributed by atoms with Gasteiger partial charge in [0.25, 0.3) is 0 Å². The van der Waals surface area contributed by atoms with Gasteiger partial charge in [0.1, 0.15) is 19.3 Å². The summed E-state index contributed by atoms with van der Waals surface area (Å²) in [6.45, 7) is 4.30. The van der Waals surface area contributed by atoms with Gasteiger partial charge in [0, 0.05) is 12.8 Å². The Labute approximate surface area is 299 Å². The molecule has 0 radical (unpaired) electrons. The van der Waals surface area contributed by atoms with Gasteiger partial charge in [-0.1, -0.05) is 193 Å². The molecule has 0 aliphatic rings. The number of hydrogen-bond acceptors (Lipinski definition) is 5. The molecule has 1 atom stereocenters. The van der Waals surface area contributed by atoms with Crippen LogP contribution in [0.25, 0.3) is 0 Å². The highest BCUT2D eigenvalue weighted by molar-refractivity contribution is 5.69. The van der Waals surface area contributed by atoms with Gasteiger partial charge in [0.15, 0.2) is 0 Å². The van der Waals surface area contributed by atoms with Crippen LogP contribution in [0, 0.1) is 0 Å². The van der Waals surface area contributed by atoms with Crippen LogP contribution in [-0.4, -0.2) is 36.4 Å². The lowest BCUT2D eigenvalue weighted by atomic mass is 10.0. The molecule has 0 saturated carbocycles. The zero-order valence-corrected chi connectivity index (χ0v) is 32.3. The molecule has 0 aromatic rings. The molecule has 0 aromatic carbocycles. The Hall–Kier alpha value is -1.36. The molecule has 0 aromatic heterocycles. The smallest absolute Gasteiger partial charge is 0.305 e. The highest BCUT2D eigenvalue weighted by Crippen LogP contribution is 2.16. The number of esters is 2. The van der Waals surface area contributed by atoms with Gasteiger partial charge in [-0.15, -0.1) is 0 Å². The van der Waals surface area contributed by atoms with E-state index in [1.54, 1.807) is 0 Å². The molecule has 0 fully saturated rings. The van der Waals surface area contributed by atoms with Gasteiger partial charge in [-0.05, 0) is 38.5 Å². The van der Waals surface area contributed by atoms with Gasteiger partial charge in [0.05, 0.1) is 0 Å². The quantitative estimate of drug-likeness (QED) is 0.0398. The van der Waals surface area contributed by atoms with Gasteiger partial charge < -0.3 is 14.6 Å². The normalized spacial score (nSPS) is 12.1. The zero-order valence-electron chi connectivity index (χ0n) is 32.3. The van der Waals surface area contributed by atoms with Crippen molar-refractivity contribution in [3.8, 4) is 0 Å². The van der Waals surface area contributed by atoms with Crippen molar-refractivity contribution in [1.82, 2.24) is 0 Å². The number of rotatable bonds is 39. The first-order valence-corrected chi connectivity index (χ1v) is 21.2. The molecule has 0 aliphatic carbocycles. The van der Waals surface area contributed by atoms with Crippen LogP contribution in [0.3, 0.4) is 0 Å². The Morgan fingerprint density at radius 3 is 0.979 bits per heavy atom. The molecular formula is C43H82O5. The fourth-order valence-electron chi connectivity index (χ4n) is 6.26. The molecule has 48 heavy (non-hydrogen) atoms. The van der Waals surface area contributed by atoms with Crippen molar-refractivity contribution >= 4 is 11.9 Å². The minimum atomic E-state index is -0.964. The maximum Gasteiger partial charge on any atom is 0.305 e. The second-order valence-corrected chi connectivity index (χ2v) is 14.5. The molecule has 5 heteroatoms. The summed E-state index contributed by atoms with van der Waals surface area (Å²) in [4.78, 5) is 23.9. The monoisotopic (exact) mass is 679 g/mol. The lowest BCUT2D eigenvalue weighted by Crippen LogP contribution is -2.25. The summed E-state index contributed by atoms with van der Waals surface area (Å²) in [5, 5.41) is 10.0. The number of allylic oxidation sites excluding steroid dienone is 2. The van der Waals surface area contributed by atoms with Gasteiger partial charge in [-0.25, -0.2) is 0 Å². The van der Waals surface area contributed by atoms with Crippen LogP contribution >= 0.6 is 0 Å². The van der Waals surface area contributed by atoms with Crippen molar-refractivity contribution in [1.29, 1.82) is 0 Å². The number of ether oxygens (including phenoxy) is 2. The van der Waals surface area contributed by atoms with E-state index in [2.05, 4.69) is 26.0 Å². The molecule has 0 spiro atoms. The molecule has 5 nitrogen and oxygen atoms in total. The van der Waals surface area contributed by atoms with Crippen molar-refractivity contribution in [2.24, 2.45) is 0 Å². The lowest BCUT2D eigenvalue weighted by molar-refractivity contribution is -0.152. The average molecular weight is 679 g/mol. The second kappa shape index (κ2) is 40.1. The summed E-state index contributed by atoms with van der Waals surface area (Å²) in [5.41, 5.74) is 0. The van der Waals surface area contributed by atoms with Crippen LogP contribution in [0.5, 0.6) is 0 Å². The molecular weight excluding hydrogens is 596 g/mol. The molecule has 0 unspecified atom stereocenters. The van der Waals surface area contributed by atoms with Crippen molar-refractivity contribution in [2.75, 3.05) is 13.2 Å². The third-order valence-corrected chi connectivity index (χ3v) is 9.50. The highest BCUT2D eigenvalue weighted by Gasteiger charge is 2.12. The fraction of sp³-hybridized carbons (Fsp3) is 0.907. The molecule has 0 rings (SSSR count). The topological polar surface area (TPSA) is 72.8 Å². The van der Waals surface area contributed by atoms with Crippen LogP contribution in [0.4, 0.5) is 0 Å². The van der Waals surface area contributed by atoms with E-state index in [0.717, 1.165) is 38.5 Å². The first-order chi connectivity index (χ1) is 23.6. The minimum absolute atomic E-state index is 0.115. The Morgan fingerprint density at radius 2 is 0.667 bits per heavy atom. The lowest BCUT2D eigenvalue weighted by Gasteiger charge is -2.12. The van der Waals surface area contributed by atoms with Crippen LogP contribution < -0.4 is 0 Å². The summed E-state index contributed by atoms with van der Waals surface area (Å²) in [6, 6.07) is 0. The molecule has 0 saturated heterocycles. The Morgan fingerprint density at radius 1 is 0.417 bits per heavy atom. The fourth-order valence-corrected chi connectivity index (χ4v) is 6.26. The van der Waals surface area contributed by atoms with E-state index in [-0.39, 0.29) is 25.2 Å². The van der Waals surface area contributed by atoms with E-state index in [9.17, 15) is 14.7 Å². The van der Waals surface area contributed by atoms with Gasteiger partial charge >= 0.3 is 11.9 Å². The number of aliphatic hydroxyl groups excluding tert-OH is 1. The van der Waals surface area contributed by atoms with Gasteiger partial charge in [0.2, 0.25) is 0 Å². The third-order valence-electron chi connectivity index (χ3n) is 9.50. The molecule has 1 N–H and O–H groups in total. The molecule has 0 amide bonds. The van der Waals surface area contributed by atoms with Gasteiger partial charge in [-0.3, -0.25) is 9.59 Å². The van der Waals surface area contributed by atoms with E-state index in [1.807, 2.05) is 0 Å². The Kier molecular flexibility index (Phi) is 38.9. The van der Waals surface area contributed by atoms with Crippen LogP contribution in [0.1, 0.15) is 232 Å². The third kappa shape index (κ3) is 39.1. The maximum absolute atomic E-state index is 12.0. The maximum atomic E-state index is 12.0. The molecule has 0 bridgehead atoms. The summed E-state index contributed by atoms with van der Waals surface area (Å²) >= 11 is 0. The second-order valence-electron chi connectivity index (χ2n) is 14.5. The van der Waals surface area contributed by atoms with Crippen molar-refractivity contribution in [3.63, 3.8) is 0 Å². The van der Waals surface area contributed by atoms with Crippen LogP contribution in [0.2, 0.25) is 0 Å². The van der Waals surface area contributed by atoms with Crippen molar-refractivity contribution < 1.29 is 24.2 Å². The number of carbonyl (C=O) groups excluding carboxylic acids is 2. The van der Waals surface area contributed by atoms with Gasteiger partial charge in [-0.2, -0.15) is 0 Å².